The van der Waals surface area contributed by atoms with Crippen molar-refractivity contribution in [2.75, 3.05) is 19.5 Å². The van der Waals surface area contributed by atoms with Gasteiger partial charge in [-0.2, -0.15) is 0 Å². The largest absolute Gasteiger partial charge is 0.497 e. The first kappa shape index (κ1) is 22.8. The average molecular weight is 461 g/mol. The molecule has 2 N–H and O–H groups in total. The lowest BCUT2D eigenvalue weighted by Crippen LogP contribution is -2.32. The van der Waals surface area contributed by atoms with E-state index in [9.17, 15) is 14.7 Å². The van der Waals surface area contributed by atoms with E-state index in [0.29, 0.717) is 32.9 Å². The fourth-order valence-electron chi connectivity index (χ4n) is 2.78. The minimum Gasteiger partial charge on any atom is -0.497 e. The van der Waals surface area contributed by atoms with Crippen molar-refractivity contribution in [3.05, 3.63) is 70.5 Å². The molecule has 1 aromatic heterocycles. The van der Waals surface area contributed by atoms with Gasteiger partial charge in [0, 0.05) is 23.2 Å². The summed E-state index contributed by atoms with van der Waals surface area (Å²) in [4.78, 5) is 24.9. The van der Waals surface area contributed by atoms with Gasteiger partial charge in [0.2, 0.25) is 0 Å². The maximum absolute atomic E-state index is 12.5. The summed E-state index contributed by atoms with van der Waals surface area (Å²) >= 11 is 7.07. The van der Waals surface area contributed by atoms with Crippen LogP contribution in [-0.4, -0.2) is 51.0 Å². The van der Waals surface area contributed by atoms with Crippen molar-refractivity contribution in [2.24, 2.45) is 7.05 Å². The first-order chi connectivity index (χ1) is 14.9. The van der Waals surface area contributed by atoms with E-state index in [4.69, 9.17) is 16.3 Å². The number of Topliss-reactive ketones (excluding diaryl/α,β-unsaturated/α-hetero) is 1. The average Bonchev–Trinajstić information content (AvgIpc) is 3.16. The molecule has 1 heterocycles. The number of amides is 1. The van der Waals surface area contributed by atoms with Gasteiger partial charge < -0.3 is 19.7 Å². The van der Waals surface area contributed by atoms with Crippen LogP contribution in [0.25, 0.3) is 0 Å². The fourth-order valence-corrected chi connectivity index (χ4v) is 3.72. The quantitative estimate of drug-likeness (QED) is 0.373. The number of ketones is 1. The molecule has 0 saturated carbocycles. The number of nitrogens with one attached hydrogen (secondary N) is 1. The highest BCUT2D eigenvalue weighted by Crippen LogP contribution is 2.21. The molecule has 0 saturated heterocycles. The van der Waals surface area contributed by atoms with Gasteiger partial charge in [-0.1, -0.05) is 23.4 Å². The Balaban J connectivity index is 1.65. The van der Waals surface area contributed by atoms with Crippen molar-refractivity contribution in [1.82, 2.24) is 20.1 Å². The van der Waals surface area contributed by atoms with Crippen molar-refractivity contribution in [3.63, 3.8) is 0 Å². The number of hydrogen-bond acceptors (Lipinski definition) is 7. The number of aliphatic hydroxyl groups excluding tert-OH is 1. The molecular weight excluding hydrogens is 440 g/mol. The number of rotatable bonds is 9. The van der Waals surface area contributed by atoms with Gasteiger partial charge in [0.15, 0.2) is 16.8 Å². The van der Waals surface area contributed by atoms with Crippen LogP contribution >= 0.6 is 23.4 Å². The normalized spacial score (nSPS) is 11.7. The van der Waals surface area contributed by atoms with Crippen LogP contribution < -0.4 is 10.1 Å². The second-order valence-corrected chi connectivity index (χ2v) is 7.93. The number of carbonyl (C=O) groups is 2. The predicted octanol–water partition coefficient (Wildman–Crippen LogP) is 2.92. The summed E-state index contributed by atoms with van der Waals surface area (Å²) in [5, 5.41) is 21.8. The van der Waals surface area contributed by atoms with Crippen molar-refractivity contribution in [3.8, 4) is 5.75 Å². The Morgan fingerprint density at radius 3 is 2.39 bits per heavy atom. The van der Waals surface area contributed by atoms with Crippen LogP contribution in [0.1, 0.15) is 32.6 Å². The minimum absolute atomic E-state index is 0.0715. The SMILES string of the molecule is COc1ccc(C(=O)N[C@H](CO)c2nnc(SCC(=O)c3ccc(Cl)cc3)n2C)cc1. The predicted molar refractivity (Wildman–Crippen MR) is 118 cm³/mol. The summed E-state index contributed by atoms with van der Waals surface area (Å²) in [5.41, 5.74) is 0.976. The van der Waals surface area contributed by atoms with Crippen LogP contribution in [0, 0.1) is 0 Å². The number of nitrogens with zero attached hydrogens (tertiary/aromatic N) is 3. The Kier molecular flexibility index (Phi) is 7.67. The van der Waals surface area contributed by atoms with Gasteiger partial charge in [0.05, 0.1) is 19.5 Å². The van der Waals surface area contributed by atoms with E-state index >= 15 is 0 Å². The first-order valence-corrected chi connectivity index (χ1v) is 10.7. The summed E-state index contributed by atoms with van der Waals surface area (Å²) in [7, 11) is 3.26. The smallest absolute Gasteiger partial charge is 0.251 e. The maximum Gasteiger partial charge on any atom is 0.251 e. The molecule has 0 aliphatic carbocycles. The lowest BCUT2D eigenvalue weighted by Gasteiger charge is -2.16. The Hall–Kier alpha value is -2.88. The van der Waals surface area contributed by atoms with E-state index in [1.165, 1.54) is 11.8 Å². The molecule has 0 aliphatic heterocycles. The highest BCUT2D eigenvalue weighted by molar-refractivity contribution is 7.99. The summed E-state index contributed by atoms with van der Waals surface area (Å²) in [5.74, 6) is 0.744. The maximum atomic E-state index is 12.5. The number of ether oxygens (including phenoxy) is 1. The fraction of sp³-hybridized carbons (Fsp3) is 0.238. The van der Waals surface area contributed by atoms with E-state index in [-0.39, 0.29) is 24.1 Å². The van der Waals surface area contributed by atoms with Crippen molar-refractivity contribution in [1.29, 1.82) is 0 Å². The summed E-state index contributed by atoms with van der Waals surface area (Å²) in [6.07, 6.45) is 0. The van der Waals surface area contributed by atoms with Gasteiger partial charge in [-0.05, 0) is 48.5 Å². The van der Waals surface area contributed by atoms with Gasteiger partial charge >= 0.3 is 0 Å². The molecule has 3 aromatic rings. The zero-order valence-electron chi connectivity index (χ0n) is 16.9. The Labute approximate surface area is 188 Å². The van der Waals surface area contributed by atoms with Crippen molar-refractivity contribution < 1.29 is 19.4 Å². The summed E-state index contributed by atoms with van der Waals surface area (Å²) < 4.78 is 6.73. The van der Waals surface area contributed by atoms with E-state index < -0.39 is 6.04 Å². The first-order valence-electron chi connectivity index (χ1n) is 9.29. The highest BCUT2D eigenvalue weighted by atomic mass is 35.5. The Morgan fingerprint density at radius 2 is 1.77 bits per heavy atom. The number of halogens is 1. The molecule has 0 bridgehead atoms. The van der Waals surface area contributed by atoms with Crippen LogP contribution in [0.3, 0.4) is 0 Å². The second kappa shape index (κ2) is 10.4. The molecule has 10 heteroatoms. The number of benzene rings is 2. The number of hydrogen-bond donors (Lipinski definition) is 2. The molecule has 1 atom stereocenters. The van der Waals surface area contributed by atoms with Crippen LogP contribution in [0.15, 0.2) is 53.7 Å². The topological polar surface area (TPSA) is 106 Å². The number of aliphatic hydroxyl groups is 1. The third-order valence-electron chi connectivity index (χ3n) is 4.52. The molecule has 0 radical (unpaired) electrons. The lowest BCUT2D eigenvalue weighted by molar-refractivity contribution is 0.0911. The van der Waals surface area contributed by atoms with E-state index in [1.807, 2.05) is 0 Å². The van der Waals surface area contributed by atoms with E-state index in [2.05, 4.69) is 15.5 Å². The van der Waals surface area contributed by atoms with Crippen LogP contribution in [0.2, 0.25) is 5.02 Å². The van der Waals surface area contributed by atoms with E-state index in [1.54, 1.807) is 67.3 Å². The van der Waals surface area contributed by atoms with Gasteiger partial charge in [0.25, 0.3) is 5.91 Å². The summed E-state index contributed by atoms with van der Waals surface area (Å²) in [6.45, 7) is -0.359. The third kappa shape index (κ3) is 5.63. The van der Waals surface area contributed by atoms with Crippen LogP contribution in [0.5, 0.6) is 5.75 Å². The van der Waals surface area contributed by atoms with E-state index in [0.717, 1.165) is 0 Å². The zero-order valence-corrected chi connectivity index (χ0v) is 18.5. The molecule has 3 rings (SSSR count). The van der Waals surface area contributed by atoms with Crippen molar-refractivity contribution >= 4 is 35.1 Å². The molecule has 31 heavy (non-hydrogen) atoms. The van der Waals surface area contributed by atoms with Gasteiger partial charge in [-0.25, -0.2) is 0 Å². The van der Waals surface area contributed by atoms with Gasteiger partial charge in [-0.3, -0.25) is 9.59 Å². The number of methoxy groups -OCH3 is 1. The lowest BCUT2D eigenvalue weighted by atomic mass is 10.1. The summed E-state index contributed by atoms with van der Waals surface area (Å²) in [6, 6.07) is 12.5. The number of thioether (sulfide) groups is 1. The zero-order chi connectivity index (χ0) is 22.4. The standard InChI is InChI=1S/C21H21ClN4O4S/c1-26-19(17(11-27)23-20(29)14-5-9-16(30-2)10-6-14)24-25-21(26)31-12-18(28)13-3-7-15(22)8-4-13/h3-10,17,27H,11-12H2,1-2H3,(H,23,29)/t17-/m1/s1. The van der Waals surface area contributed by atoms with Gasteiger partial charge in [0.1, 0.15) is 11.8 Å². The number of carbonyl (C=O) groups excluding carboxylic acids is 2. The number of aromatic nitrogens is 3. The van der Waals surface area contributed by atoms with Gasteiger partial charge in [-0.15, -0.1) is 10.2 Å². The molecule has 0 aliphatic rings. The Bertz CT molecular complexity index is 1050. The highest BCUT2D eigenvalue weighted by Gasteiger charge is 2.22. The van der Waals surface area contributed by atoms with Crippen LogP contribution in [0.4, 0.5) is 0 Å². The molecular formula is C21H21ClN4O4S. The Morgan fingerprint density at radius 1 is 1.13 bits per heavy atom. The molecule has 1 amide bonds. The monoisotopic (exact) mass is 460 g/mol. The second-order valence-electron chi connectivity index (χ2n) is 6.56. The minimum atomic E-state index is -0.756. The molecule has 162 valence electrons. The van der Waals surface area contributed by atoms with Crippen molar-refractivity contribution in [2.45, 2.75) is 11.2 Å². The third-order valence-corrected chi connectivity index (χ3v) is 5.79. The van der Waals surface area contributed by atoms with Crippen LogP contribution in [-0.2, 0) is 7.05 Å². The molecule has 0 spiro atoms. The molecule has 0 fully saturated rings. The molecule has 2 aromatic carbocycles. The molecule has 0 unspecified atom stereocenters. The molecule has 8 nitrogen and oxygen atoms in total.